The van der Waals surface area contributed by atoms with Gasteiger partial charge in [-0.25, -0.2) is 4.98 Å². The number of amides is 1. The van der Waals surface area contributed by atoms with Gasteiger partial charge in [-0.1, -0.05) is 37.9 Å². The van der Waals surface area contributed by atoms with Crippen molar-refractivity contribution in [3.63, 3.8) is 0 Å². The number of hydrogen-bond acceptors (Lipinski definition) is 5. The maximum atomic E-state index is 13.4. The summed E-state index contributed by atoms with van der Waals surface area (Å²) in [6, 6.07) is 0. The molecule has 0 saturated carbocycles. The summed E-state index contributed by atoms with van der Waals surface area (Å²) in [6.07, 6.45) is 9.90. The molecule has 3 heterocycles. The number of likely N-dealkylation sites (tertiary alicyclic amines) is 1. The summed E-state index contributed by atoms with van der Waals surface area (Å²) in [5, 5.41) is 1.57. The maximum absolute atomic E-state index is 13.4. The van der Waals surface area contributed by atoms with Crippen molar-refractivity contribution in [2.24, 2.45) is 0 Å². The van der Waals surface area contributed by atoms with Gasteiger partial charge in [0.2, 0.25) is 5.91 Å². The van der Waals surface area contributed by atoms with Crippen molar-refractivity contribution < 1.29 is 4.79 Å². The van der Waals surface area contributed by atoms with Gasteiger partial charge in [-0.15, -0.1) is 11.3 Å². The largest absolute Gasteiger partial charge is 0.342 e. The first-order chi connectivity index (χ1) is 13.7. The Balaban J connectivity index is 1.60. The van der Waals surface area contributed by atoms with Gasteiger partial charge in [-0.3, -0.25) is 14.2 Å². The number of aryl methyl sites for hydroxylation is 2. The van der Waals surface area contributed by atoms with Crippen LogP contribution in [-0.2, 0) is 24.2 Å². The molecular weight excluding hydrogens is 390 g/mol. The number of fused-ring (bicyclic) bond motifs is 3. The second kappa shape index (κ2) is 8.99. The molecule has 2 aromatic heterocycles. The number of aromatic nitrogens is 2. The third-order valence-electron chi connectivity index (χ3n) is 5.81. The lowest BCUT2D eigenvalue weighted by molar-refractivity contribution is -0.127. The van der Waals surface area contributed by atoms with Crippen LogP contribution in [-0.4, -0.2) is 39.2 Å². The number of unbranched alkanes of at least 4 members (excludes halogenated alkanes) is 3. The highest BCUT2D eigenvalue weighted by Gasteiger charge is 2.24. The second-order valence-corrected chi connectivity index (χ2v) is 9.85. The van der Waals surface area contributed by atoms with Crippen molar-refractivity contribution in [3.05, 3.63) is 20.8 Å². The smallest absolute Gasteiger partial charge is 0.263 e. The van der Waals surface area contributed by atoms with E-state index in [0.29, 0.717) is 12.3 Å². The van der Waals surface area contributed by atoms with Gasteiger partial charge in [0.15, 0.2) is 5.16 Å². The van der Waals surface area contributed by atoms with Gasteiger partial charge in [0.1, 0.15) is 4.83 Å². The Hall–Kier alpha value is -1.34. The number of thioether (sulfide) groups is 1. The van der Waals surface area contributed by atoms with Crippen LogP contribution in [0.25, 0.3) is 10.2 Å². The fourth-order valence-corrected chi connectivity index (χ4v) is 6.48. The van der Waals surface area contributed by atoms with Crippen LogP contribution in [0.15, 0.2) is 9.95 Å². The molecule has 2 aromatic rings. The SMILES string of the molecule is CCCCCCn1c(SCC(=O)N2CCCC2)nc2sc3c(c2c1=O)CCC3. The molecule has 1 aliphatic carbocycles. The summed E-state index contributed by atoms with van der Waals surface area (Å²) in [7, 11) is 0. The molecule has 0 atom stereocenters. The number of carbonyl (C=O) groups is 1. The predicted octanol–water partition coefficient (Wildman–Crippen LogP) is 4.24. The lowest BCUT2D eigenvalue weighted by Gasteiger charge is -2.16. The minimum atomic E-state index is 0.108. The molecule has 0 radical (unpaired) electrons. The summed E-state index contributed by atoms with van der Waals surface area (Å²) >= 11 is 3.12. The number of rotatable bonds is 8. The standard InChI is InChI=1S/C21H29N3O2S2/c1-2-3-4-5-13-24-20(26)18-15-9-8-10-16(15)28-19(18)22-21(24)27-14-17(25)23-11-6-7-12-23/h2-14H2,1H3. The second-order valence-electron chi connectivity index (χ2n) is 7.83. The van der Waals surface area contributed by atoms with Gasteiger partial charge in [0.05, 0.1) is 11.1 Å². The molecule has 0 aromatic carbocycles. The van der Waals surface area contributed by atoms with Crippen molar-refractivity contribution in [2.45, 2.75) is 76.4 Å². The van der Waals surface area contributed by atoms with E-state index in [0.717, 1.165) is 73.4 Å². The highest BCUT2D eigenvalue weighted by atomic mass is 32.2. The Morgan fingerprint density at radius 1 is 1.14 bits per heavy atom. The molecule has 2 aliphatic rings. The van der Waals surface area contributed by atoms with E-state index in [1.165, 1.54) is 35.0 Å². The summed E-state index contributed by atoms with van der Waals surface area (Å²) in [5.41, 5.74) is 1.35. The zero-order valence-electron chi connectivity index (χ0n) is 16.7. The highest BCUT2D eigenvalue weighted by Crippen LogP contribution is 2.35. The zero-order chi connectivity index (χ0) is 19.5. The molecule has 152 valence electrons. The highest BCUT2D eigenvalue weighted by molar-refractivity contribution is 7.99. The average Bonchev–Trinajstić information content (AvgIpc) is 3.41. The van der Waals surface area contributed by atoms with Crippen LogP contribution in [0.3, 0.4) is 0 Å². The molecular formula is C21H29N3O2S2. The van der Waals surface area contributed by atoms with Crippen LogP contribution in [0.4, 0.5) is 0 Å². The van der Waals surface area contributed by atoms with Gasteiger partial charge < -0.3 is 4.90 Å². The van der Waals surface area contributed by atoms with Crippen LogP contribution in [0.1, 0.15) is 62.3 Å². The normalized spacial score (nSPS) is 16.2. The summed E-state index contributed by atoms with van der Waals surface area (Å²) < 4.78 is 1.85. The summed E-state index contributed by atoms with van der Waals surface area (Å²) in [6.45, 7) is 4.63. The molecule has 28 heavy (non-hydrogen) atoms. The number of nitrogens with zero attached hydrogens (tertiary/aromatic N) is 3. The first kappa shape index (κ1) is 20.0. The Labute approximate surface area is 174 Å². The molecule has 0 unspecified atom stereocenters. The van der Waals surface area contributed by atoms with Crippen LogP contribution >= 0.6 is 23.1 Å². The third-order valence-corrected chi connectivity index (χ3v) is 7.96. The minimum absolute atomic E-state index is 0.108. The first-order valence-corrected chi connectivity index (χ1v) is 12.4. The molecule has 0 bridgehead atoms. The lowest BCUT2D eigenvalue weighted by atomic mass is 10.2. The van der Waals surface area contributed by atoms with E-state index in [-0.39, 0.29) is 11.5 Å². The van der Waals surface area contributed by atoms with E-state index in [1.807, 2.05) is 9.47 Å². The minimum Gasteiger partial charge on any atom is -0.342 e. The summed E-state index contributed by atoms with van der Waals surface area (Å²) in [4.78, 5) is 34.9. The van der Waals surface area contributed by atoms with E-state index >= 15 is 0 Å². The topological polar surface area (TPSA) is 55.2 Å². The van der Waals surface area contributed by atoms with Gasteiger partial charge in [-0.2, -0.15) is 0 Å². The molecule has 5 nitrogen and oxygen atoms in total. The molecule has 7 heteroatoms. The monoisotopic (exact) mass is 419 g/mol. The first-order valence-electron chi connectivity index (χ1n) is 10.6. The maximum Gasteiger partial charge on any atom is 0.263 e. The average molecular weight is 420 g/mol. The van der Waals surface area contributed by atoms with E-state index in [2.05, 4.69) is 6.92 Å². The Kier molecular flexibility index (Phi) is 6.41. The molecule has 0 spiro atoms. The molecule has 4 rings (SSSR count). The van der Waals surface area contributed by atoms with Crippen LogP contribution < -0.4 is 5.56 Å². The Morgan fingerprint density at radius 3 is 2.75 bits per heavy atom. The van der Waals surface area contributed by atoms with Crippen molar-refractivity contribution in [1.82, 2.24) is 14.5 Å². The Bertz CT molecular complexity index is 912. The van der Waals surface area contributed by atoms with Gasteiger partial charge in [0, 0.05) is 24.5 Å². The van der Waals surface area contributed by atoms with Crippen LogP contribution in [0.2, 0.25) is 0 Å². The number of hydrogen-bond donors (Lipinski definition) is 0. The van der Waals surface area contributed by atoms with Crippen LogP contribution in [0, 0.1) is 0 Å². The van der Waals surface area contributed by atoms with Crippen molar-refractivity contribution in [2.75, 3.05) is 18.8 Å². The molecule has 1 amide bonds. The summed E-state index contributed by atoms with van der Waals surface area (Å²) in [5.74, 6) is 0.543. The van der Waals surface area contributed by atoms with Gasteiger partial charge >= 0.3 is 0 Å². The van der Waals surface area contributed by atoms with Crippen molar-refractivity contribution in [1.29, 1.82) is 0 Å². The number of thiophene rings is 1. The molecule has 1 saturated heterocycles. The van der Waals surface area contributed by atoms with E-state index in [1.54, 1.807) is 11.3 Å². The third kappa shape index (κ3) is 4.01. The van der Waals surface area contributed by atoms with E-state index < -0.39 is 0 Å². The van der Waals surface area contributed by atoms with Gasteiger partial charge in [0.25, 0.3) is 5.56 Å². The lowest BCUT2D eigenvalue weighted by Crippen LogP contribution is -2.30. The Morgan fingerprint density at radius 2 is 1.96 bits per heavy atom. The fourth-order valence-electron chi connectivity index (χ4n) is 4.25. The van der Waals surface area contributed by atoms with E-state index in [9.17, 15) is 9.59 Å². The fraction of sp³-hybridized carbons (Fsp3) is 0.667. The number of carbonyl (C=O) groups excluding carboxylic acids is 1. The van der Waals surface area contributed by atoms with E-state index in [4.69, 9.17) is 4.98 Å². The van der Waals surface area contributed by atoms with Gasteiger partial charge in [-0.05, 0) is 44.1 Å². The molecule has 0 N–H and O–H groups in total. The molecule has 1 aliphatic heterocycles. The van der Waals surface area contributed by atoms with Crippen molar-refractivity contribution >= 4 is 39.2 Å². The zero-order valence-corrected chi connectivity index (χ0v) is 18.3. The predicted molar refractivity (Wildman–Crippen MR) is 117 cm³/mol. The molecule has 1 fully saturated rings. The van der Waals surface area contributed by atoms with Crippen LogP contribution in [0.5, 0.6) is 0 Å². The quantitative estimate of drug-likeness (QED) is 0.365. The van der Waals surface area contributed by atoms with Crippen molar-refractivity contribution in [3.8, 4) is 0 Å².